The van der Waals surface area contributed by atoms with E-state index in [2.05, 4.69) is 31.2 Å². The van der Waals surface area contributed by atoms with Crippen LogP contribution < -0.4 is 10.5 Å². The third-order valence-corrected chi connectivity index (χ3v) is 3.80. The summed E-state index contributed by atoms with van der Waals surface area (Å²) in [7, 11) is 0. The normalized spacial score (nSPS) is 10.4. The van der Waals surface area contributed by atoms with Gasteiger partial charge < -0.3 is 10.5 Å². The maximum Gasteiger partial charge on any atom is 0.121 e. The molecule has 100 valence electrons. The topological polar surface area (TPSA) is 35.2 Å². The number of ether oxygens (including phenoxy) is 1. The zero-order chi connectivity index (χ0) is 13.5. The van der Waals surface area contributed by atoms with E-state index in [0.29, 0.717) is 0 Å². The molecule has 0 aliphatic rings. The summed E-state index contributed by atoms with van der Waals surface area (Å²) < 4.78 is 5.65. The number of nitrogens with two attached hydrogens (primary N) is 1. The molecule has 0 spiro atoms. The summed E-state index contributed by atoms with van der Waals surface area (Å²) in [6.07, 6.45) is 1.02. The lowest BCUT2D eigenvalue weighted by atomic mass is 10.2. The fourth-order valence-corrected chi connectivity index (χ4v) is 2.50. The maximum atomic E-state index is 5.69. The fourth-order valence-electron chi connectivity index (χ4n) is 1.68. The highest BCUT2D eigenvalue weighted by Gasteiger charge is 1.96. The molecule has 0 fully saturated rings. The van der Waals surface area contributed by atoms with Crippen LogP contribution in [0.1, 0.15) is 12.0 Å². The van der Waals surface area contributed by atoms with E-state index in [1.807, 2.05) is 36.0 Å². The minimum absolute atomic E-state index is 0.725. The Morgan fingerprint density at radius 1 is 1.11 bits per heavy atom. The van der Waals surface area contributed by atoms with Crippen LogP contribution in [0.25, 0.3) is 0 Å². The van der Waals surface area contributed by atoms with E-state index >= 15 is 0 Å². The van der Waals surface area contributed by atoms with Crippen molar-refractivity contribution >= 4 is 17.4 Å². The zero-order valence-corrected chi connectivity index (χ0v) is 12.0. The Morgan fingerprint density at radius 2 is 1.89 bits per heavy atom. The summed E-state index contributed by atoms with van der Waals surface area (Å²) in [4.78, 5) is 1.31. The van der Waals surface area contributed by atoms with Gasteiger partial charge in [0.05, 0.1) is 6.61 Å². The van der Waals surface area contributed by atoms with Crippen molar-refractivity contribution in [3.63, 3.8) is 0 Å². The molecule has 2 rings (SSSR count). The van der Waals surface area contributed by atoms with E-state index in [9.17, 15) is 0 Å². The Labute approximate surface area is 119 Å². The van der Waals surface area contributed by atoms with Crippen LogP contribution in [0.3, 0.4) is 0 Å². The smallest absolute Gasteiger partial charge is 0.121 e. The number of hydrogen-bond acceptors (Lipinski definition) is 3. The van der Waals surface area contributed by atoms with Gasteiger partial charge in [0, 0.05) is 22.4 Å². The lowest BCUT2D eigenvalue weighted by Gasteiger charge is -2.06. The number of rotatable bonds is 6. The van der Waals surface area contributed by atoms with E-state index in [1.165, 1.54) is 10.5 Å². The molecule has 3 heteroatoms. The fraction of sp³-hybridized carbons (Fsp3) is 0.250. The molecular weight excluding hydrogens is 254 g/mol. The number of hydrogen-bond donors (Lipinski definition) is 1. The average molecular weight is 273 g/mol. The molecule has 0 aliphatic carbocycles. The zero-order valence-electron chi connectivity index (χ0n) is 11.1. The summed E-state index contributed by atoms with van der Waals surface area (Å²) in [5.74, 6) is 1.91. The Hall–Kier alpha value is -1.61. The highest BCUT2D eigenvalue weighted by Crippen LogP contribution is 2.19. The Balaban J connectivity index is 1.66. The van der Waals surface area contributed by atoms with Crippen LogP contribution in [0.5, 0.6) is 5.75 Å². The molecule has 0 heterocycles. The molecule has 0 radical (unpaired) electrons. The first-order chi connectivity index (χ1) is 9.24. The van der Waals surface area contributed by atoms with Crippen molar-refractivity contribution in [3.05, 3.63) is 54.1 Å². The van der Waals surface area contributed by atoms with E-state index in [0.717, 1.165) is 30.2 Å². The quantitative estimate of drug-likeness (QED) is 0.488. The third-order valence-electron chi connectivity index (χ3n) is 2.71. The molecule has 2 aromatic carbocycles. The van der Waals surface area contributed by atoms with Crippen molar-refractivity contribution in [2.45, 2.75) is 18.2 Å². The highest BCUT2D eigenvalue weighted by molar-refractivity contribution is 7.99. The van der Waals surface area contributed by atoms with Crippen molar-refractivity contribution in [2.24, 2.45) is 0 Å². The van der Waals surface area contributed by atoms with Gasteiger partial charge in [-0.3, -0.25) is 0 Å². The summed E-state index contributed by atoms with van der Waals surface area (Å²) in [5, 5.41) is 0. The molecule has 2 nitrogen and oxygen atoms in total. The van der Waals surface area contributed by atoms with Gasteiger partial charge in [-0.05, 0) is 37.6 Å². The predicted octanol–water partition coefficient (Wildman–Crippen LogP) is 4.14. The monoisotopic (exact) mass is 273 g/mol. The van der Waals surface area contributed by atoms with Crippen molar-refractivity contribution in [1.29, 1.82) is 0 Å². The molecule has 0 aromatic heterocycles. The minimum atomic E-state index is 0.725. The number of aryl methyl sites for hydroxylation is 1. The van der Waals surface area contributed by atoms with E-state index < -0.39 is 0 Å². The van der Waals surface area contributed by atoms with Crippen LogP contribution in [0.15, 0.2) is 53.4 Å². The van der Waals surface area contributed by atoms with Gasteiger partial charge in [-0.1, -0.05) is 23.8 Å². The summed E-state index contributed by atoms with van der Waals surface area (Å²) in [6, 6.07) is 16.2. The molecular formula is C16H19NOS. The van der Waals surface area contributed by atoms with Crippen molar-refractivity contribution in [2.75, 3.05) is 18.1 Å². The van der Waals surface area contributed by atoms with Gasteiger partial charge in [-0.25, -0.2) is 0 Å². The molecule has 19 heavy (non-hydrogen) atoms. The average Bonchev–Trinajstić information content (AvgIpc) is 2.41. The number of benzene rings is 2. The van der Waals surface area contributed by atoms with E-state index in [4.69, 9.17) is 10.5 Å². The first-order valence-electron chi connectivity index (χ1n) is 6.42. The van der Waals surface area contributed by atoms with Crippen LogP contribution in [0.4, 0.5) is 5.69 Å². The third kappa shape index (κ3) is 4.87. The second kappa shape index (κ2) is 7.10. The summed E-state index contributed by atoms with van der Waals surface area (Å²) in [5.41, 5.74) is 7.74. The molecule has 0 amide bonds. The highest BCUT2D eigenvalue weighted by atomic mass is 32.2. The first-order valence-corrected chi connectivity index (χ1v) is 7.40. The van der Waals surface area contributed by atoms with E-state index in [-0.39, 0.29) is 0 Å². The SMILES string of the molecule is Cc1ccc(SCCCOc2cccc(N)c2)cc1. The number of nitrogen functional groups attached to an aromatic ring is 1. The maximum absolute atomic E-state index is 5.69. The van der Waals surface area contributed by atoms with Crippen LogP contribution >= 0.6 is 11.8 Å². The van der Waals surface area contributed by atoms with Gasteiger partial charge >= 0.3 is 0 Å². The van der Waals surface area contributed by atoms with Gasteiger partial charge in [0.15, 0.2) is 0 Å². The van der Waals surface area contributed by atoms with E-state index in [1.54, 1.807) is 0 Å². The van der Waals surface area contributed by atoms with Gasteiger partial charge in [0.25, 0.3) is 0 Å². The summed E-state index contributed by atoms with van der Waals surface area (Å²) >= 11 is 1.86. The number of thioether (sulfide) groups is 1. The molecule has 0 atom stereocenters. The molecule has 0 saturated heterocycles. The molecule has 0 saturated carbocycles. The summed E-state index contributed by atoms with van der Waals surface area (Å²) in [6.45, 7) is 2.83. The van der Waals surface area contributed by atoms with Crippen molar-refractivity contribution in [3.8, 4) is 5.75 Å². The first kappa shape index (κ1) is 13.8. The van der Waals surface area contributed by atoms with Gasteiger partial charge in [-0.15, -0.1) is 11.8 Å². The Bertz CT molecular complexity index is 510. The molecule has 0 bridgehead atoms. The molecule has 2 N–H and O–H groups in total. The second-order valence-corrected chi connectivity index (χ2v) is 5.60. The molecule has 2 aromatic rings. The van der Waals surface area contributed by atoms with Gasteiger partial charge in [0.2, 0.25) is 0 Å². The van der Waals surface area contributed by atoms with Crippen LogP contribution in [-0.4, -0.2) is 12.4 Å². The molecule has 0 aliphatic heterocycles. The second-order valence-electron chi connectivity index (χ2n) is 4.44. The lowest BCUT2D eigenvalue weighted by Crippen LogP contribution is -1.99. The van der Waals surface area contributed by atoms with Crippen LogP contribution in [-0.2, 0) is 0 Å². The predicted molar refractivity (Wildman–Crippen MR) is 82.9 cm³/mol. The minimum Gasteiger partial charge on any atom is -0.493 e. The largest absolute Gasteiger partial charge is 0.493 e. The number of anilines is 1. The standard InChI is InChI=1S/C16H19NOS/c1-13-6-8-16(9-7-13)19-11-3-10-18-15-5-2-4-14(17)12-15/h2,4-9,12H,3,10-11,17H2,1H3. The Kier molecular flexibility index (Phi) is 5.16. The lowest BCUT2D eigenvalue weighted by molar-refractivity contribution is 0.319. The van der Waals surface area contributed by atoms with Gasteiger partial charge in [-0.2, -0.15) is 0 Å². The molecule has 0 unspecified atom stereocenters. The van der Waals surface area contributed by atoms with Crippen molar-refractivity contribution in [1.82, 2.24) is 0 Å². The van der Waals surface area contributed by atoms with Crippen LogP contribution in [0.2, 0.25) is 0 Å². The Morgan fingerprint density at radius 3 is 2.63 bits per heavy atom. The van der Waals surface area contributed by atoms with Gasteiger partial charge in [0.1, 0.15) is 5.75 Å². The van der Waals surface area contributed by atoms with Crippen molar-refractivity contribution < 1.29 is 4.74 Å². The van der Waals surface area contributed by atoms with Crippen LogP contribution in [0, 0.1) is 6.92 Å².